The van der Waals surface area contributed by atoms with E-state index in [9.17, 15) is 0 Å². The van der Waals surface area contributed by atoms with Gasteiger partial charge in [-0.25, -0.2) is 0 Å². The van der Waals surface area contributed by atoms with Gasteiger partial charge < -0.3 is 5.32 Å². The van der Waals surface area contributed by atoms with E-state index in [2.05, 4.69) is 25.2 Å². The Hall–Kier alpha value is -0.300. The molecule has 0 amide bonds. The lowest BCUT2D eigenvalue weighted by atomic mass is 10.2. The molecule has 1 heterocycles. The minimum Gasteiger partial charge on any atom is -0.310 e. The van der Waals surface area contributed by atoms with E-state index in [4.69, 9.17) is 0 Å². The van der Waals surface area contributed by atoms with Crippen molar-refractivity contribution in [1.29, 1.82) is 0 Å². The zero-order valence-electron chi connectivity index (χ0n) is 7.57. The summed E-state index contributed by atoms with van der Waals surface area (Å²) in [4.78, 5) is 0. The molecule has 1 aliphatic heterocycles. The first-order valence-electron chi connectivity index (χ1n) is 4.20. The summed E-state index contributed by atoms with van der Waals surface area (Å²) in [6.45, 7) is 9.43. The minimum atomic E-state index is 0.709. The van der Waals surface area contributed by atoms with Gasteiger partial charge in [0, 0.05) is 12.6 Å². The number of allylic oxidation sites excluding steroid dienone is 1. The molecule has 1 fully saturated rings. The van der Waals surface area contributed by atoms with Gasteiger partial charge in [0.25, 0.3) is 0 Å². The van der Waals surface area contributed by atoms with Crippen LogP contribution in [-0.4, -0.2) is 12.6 Å². The molecule has 0 saturated carbocycles. The molecule has 0 aliphatic carbocycles. The Morgan fingerprint density at radius 2 is 2.10 bits per heavy atom. The summed E-state index contributed by atoms with van der Waals surface area (Å²) >= 11 is 0. The number of rotatable bonds is 0. The normalized spacial score (nSPS) is 28.0. The first-order valence-corrected chi connectivity index (χ1v) is 4.20. The largest absolute Gasteiger partial charge is 0.310 e. The molecule has 10 heavy (non-hydrogen) atoms. The average Bonchev–Trinajstić information content (AvgIpc) is 2.40. The van der Waals surface area contributed by atoms with Crippen LogP contribution in [0.4, 0.5) is 0 Å². The molecule has 0 spiro atoms. The summed E-state index contributed by atoms with van der Waals surface area (Å²) in [6.07, 6.45) is 3.45. The number of hydrogen-bond acceptors (Lipinski definition) is 1. The van der Waals surface area contributed by atoms with Crippen LogP contribution in [0, 0.1) is 0 Å². The summed E-state index contributed by atoms with van der Waals surface area (Å²) in [5.74, 6) is 0. The highest BCUT2D eigenvalue weighted by atomic mass is 14.9. The zero-order chi connectivity index (χ0) is 7.98. The van der Waals surface area contributed by atoms with Crippen LogP contribution in [-0.2, 0) is 0 Å². The van der Waals surface area contributed by atoms with E-state index in [-0.39, 0.29) is 0 Å². The van der Waals surface area contributed by atoms with E-state index in [1.807, 2.05) is 13.8 Å². The van der Waals surface area contributed by atoms with E-state index in [0.29, 0.717) is 6.04 Å². The predicted molar refractivity (Wildman–Crippen MR) is 47.2 cm³/mol. The quantitative estimate of drug-likeness (QED) is 0.511. The summed E-state index contributed by atoms with van der Waals surface area (Å²) in [5.41, 5.74) is 1.55. The predicted octanol–water partition coefficient (Wildman–Crippen LogP) is 2.34. The Labute approximate surface area is 64.5 Å². The summed E-state index contributed by atoms with van der Waals surface area (Å²) in [6, 6.07) is 0.709. The Morgan fingerprint density at radius 3 is 2.30 bits per heavy atom. The van der Waals surface area contributed by atoms with Gasteiger partial charge >= 0.3 is 0 Å². The van der Waals surface area contributed by atoms with Crippen molar-refractivity contribution in [2.75, 3.05) is 6.54 Å². The van der Waals surface area contributed by atoms with Crippen LogP contribution in [0.1, 0.15) is 34.1 Å². The molecule has 1 N–H and O–H groups in total. The Kier molecular flexibility index (Phi) is 5.32. The fraction of sp³-hybridized carbons (Fsp3) is 0.778. The molecule has 1 atom stereocenters. The summed E-state index contributed by atoms with van der Waals surface area (Å²) in [5, 5.41) is 3.35. The highest BCUT2D eigenvalue weighted by Crippen LogP contribution is 2.10. The van der Waals surface area contributed by atoms with Crippen molar-refractivity contribution in [2.24, 2.45) is 0 Å². The first-order chi connectivity index (χ1) is 4.83. The highest BCUT2D eigenvalue weighted by molar-refractivity contribution is 5.09. The zero-order valence-corrected chi connectivity index (χ0v) is 7.57. The van der Waals surface area contributed by atoms with E-state index in [1.54, 1.807) is 5.57 Å². The fourth-order valence-electron chi connectivity index (χ4n) is 1.06. The van der Waals surface area contributed by atoms with Crippen molar-refractivity contribution in [3.8, 4) is 0 Å². The highest BCUT2D eigenvalue weighted by Gasteiger charge is 2.11. The van der Waals surface area contributed by atoms with Crippen LogP contribution in [0.25, 0.3) is 0 Å². The molecular weight excluding hydrogens is 122 g/mol. The third-order valence-electron chi connectivity index (χ3n) is 1.65. The van der Waals surface area contributed by atoms with E-state index < -0.39 is 0 Å². The molecule has 60 valence electrons. The summed E-state index contributed by atoms with van der Waals surface area (Å²) < 4.78 is 0. The smallest absolute Gasteiger partial charge is 0.0167 e. The van der Waals surface area contributed by atoms with Crippen LogP contribution in [0.5, 0.6) is 0 Å². The molecule has 0 radical (unpaired) electrons. The molecule has 1 unspecified atom stereocenters. The Bertz CT molecular complexity index is 105. The van der Waals surface area contributed by atoms with Crippen LogP contribution in [0.2, 0.25) is 0 Å². The maximum Gasteiger partial charge on any atom is 0.0167 e. The lowest BCUT2D eigenvalue weighted by Gasteiger charge is -1.94. The van der Waals surface area contributed by atoms with Gasteiger partial charge in [-0.15, -0.1) is 0 Å². The molecule has 1 aliphatic rings. The van der Waals surface area contributed by atoms with Gasteiger partial charge in [0.05, 0.1) is 0 Å². The number of hydrogen-bond donors (Lipinski definition) is 1. The van der Waals surface area contributed by atoms with Crippen molar-refractivity contribution < 1.29 is 0 Å². The van der Waals surface area contributed by atoms with Gasteiger partial charge in [-0.1, -0.05) is 25.5 Å². The SMILES string of the molecule is C/C=C1/CNC(C)C1.CC. The average molecular weight is 141 g/mol. The van der Waals surface area contributed by atoms with E-state index in [0.717, 1.165) is 6.54 Å². The van der Waals surface area contributed by atoms with Crippen molar-refractivity contribution >= 4 is 0 Å². The van der Waals surface area contributed by atoms with Gasteiger partial charge in [-0.2, -0.15) is 0 Å². The van der Waals surface area contributed by atoms with Crippen LogP contribution in [0.3, 0.4) is 0 Å². The maximum absolute atomic E-state index is 3.35. The molecule has 0 aromatic rings. The Morgan fingerprint density at radius 1 is 1.50 bits per heavy atom. The molecule has 0 bridgehead atoms. The standard InChI is InChI=1S/C7H13N.C2H6/c1-3-7-4-6(2)8-5-7;1-2/h3,6,8H,4-5H2,1-2H3;1-2H3/b7-3+;. The van der Waals surface area contributed by atoms with E-state index >= 15 is 0 Å². The van der Waals surface area contributed by atoms with Gasteiger partial charge in [0.2, 0.25) is 0 Å². The van der Waals surface area contributed by atoms with Gasteiger partial charge in [0.15, 0.2) is 0 Å². The monoisotopic (exact) mass is 141 g/mol. The molecule has 0 aromatic carbocycles. The molecule has 0 aromatic heterocycles. The molecule has 1 saturated heterocycles. The lowest BCUT2D eigenvalue weighted by Crippen LogP contribution is -2.16. The van der Waals surface area contributed by atoms with Gasteiger partial charge in [-0.05, 0) is 20.3 Å². The summed E-state index contributed by atoms with van der Waals surface area (Å²) in [7, 11) is 0. The van der Waals surface area contributed by atoms with E-state index in [1.165, 1.54) is 6.42 Å². The third-order valence-corrected chi connectivity index (χ3v) is 1.65. The van der Waals surface area contributed by atoms with Crippen molar-refractivity contribution in [1.82, 2.24) is 5.32 Å². The van der Waals surface area contributed by atoms with Crippen LogP contribution in [0.15, 0.2) is 11.6 Å². The molecule has 1 nitrogen and oxygen atoms in total. The second-order valence-electron chi connectivity index (χ2n) is 2.43. The number of nitrogens with one attached hydrogen (secondary N) is 1. The molecule has 1 heteroatoms. The topological polar surface area (TPSA) is 12.0 Å². The second-order valence-corrected chi connectivity index (χ2v) is 2.43. The lowest BCUT2D eigenvalue weighted by molar-refractivity contribution is 0.667. The maximum atomic E-state index is 3.35. The van der Waals surface area contributed by atoms with Gasteiger partial charge in [0.1, 0.15) is 0 Å². The molecule has 1 rings (SSSR count). The first kappa shape index (κ1) is 9.70. The fourth-order valence-corrected chi connectivity index (χ4v) is 1.06. The third kappa shape index (κ3) is 3.02. The van der Waals surface area contributed by atoms with Crippen molar-refractivity contribution in [3.05, 3.63) is 11.6 Å². The van der Waals surface area contributed by atoms with Crippen LogP contribution < -0.4 is 5.32 Å². The van der Waals surface area contributed by atoms with Gasteiger partial charge in [-0.3, -0.25) is 0 Å². The second kappa shape index (κ2) is 5.48. The van der Waals surface area contributed by atoms with Crippen molar-refractivity contribution in [3.63, 3.8) is 0 Å². The molecular formula is C9H19N. The van der Waals surface area contributed by atoms with Crippen LogP contribution >= 0.6 is 0 Å². The minimum absolute atomic E-state index is 0.709. The van der Waals surface area contributed by atoms with Crippen molar-refractivity contribution in [2.45, 2.75) is 40.2 Å². The Balaban J connectivity index is 0.000000371.